The van der Waals surface area contributed by atoms with Crippen LogP contribution in [-0.2, 0) is 5.41 Å². The fourth-order valence-corrected chi connectivity index (χ4v) is 5.04. The van der Waals surface area contributed by atoms with E-state index in [4.69, 9.17) is 0 Å². The summed E-state index contributed by atoms with van der Waals surface area (Å²) in [4.78, 5) is 2.49. The van der Waals surface area contributed by atoms with Crippen molar-refractivity contribution in [3.05, 3.63) is 77.9 Å². The quantitative estimate of drug-likeness (QED) is 0.302. The van der Waals surface area contributed by atoms with E-state index < -0.39 is 5.41 Å². The van der Waals surface area contributed by atoms with Crippen LogP contribution in [0.15, 0.2) is 66.7 Å². The molecule has 1 fully saturated rings. The highest BCUT2D eigenvalue weighted by atomic mass is 31.0. The SMILES string of the molecule is CC#C/C=C\C.CC1CC(F)(P)c2ccccc2C1C.CC1CCN(c2ccccc2)CC1. The molecule has 0 amide bonds. The van der Waals surface area contributed by atoms with Crippen molar-refractivity contribution in [2.45, 2.75) is 65.2 Å². The predicted octanol–water partition coefficient (Wildman–Crippen LogP) is 8.34. The highest BCUT2D eigenvalue weighted by Crippen LogP contribution is 2.50. The van der Waals surface area contributed by atoms with Crippen molar-refractivity contribution in [2.24, 2.45) is 11.8 Å². The van der Waals surface area contributed by atoms with Crippen LogP contribution in [0.5, 0.6) is 0 Å². The Kier molecular flexibility index (Phi) is 11.2. The first-order valence-corrected chi connectivity index (χ1v) is 12.8. The highest BCUT2D eigenvalue weighted by molar-refractivity contribution is 7.18. The molecule has 4 atom stereocenters. The summed E-state index contributed by atoms with van der Waals surface area (Å²) >= 11 is 0. The van der Waals surface area contributed by atoms with Crippen LogP contribution < -0.4 is 4.90 Å². The number of piperidine rings is 1. The van der Waals surface area contributed by atoms with E-state index in [0.717, 1.165) is 11.5 Å². The van der Waals surface area contributed by atoms with Crippen molar-refractivity contribution in [1.29, 1.82) is 0 Å². The second kappa shape index (κ2) is 13.6. The smallest absolute Gasteiger partial charge is 0.149 e. The molecule has 0 N–H and O–H groups in total. The molecule has 1 aliphatic carbocycles. The molecular formula is C30H41FNP. The van der Waals surface area contributed by atoms with Crippen molar-refractivity contribution in [3.63, 3.8) is 0 Å². The zero-order chi connectivity index (χ0) is 24.3. The Bertz CT molecular complexity index is 917. The monoisotopic (exact) mass is 465 g/mol. The van der Waals surface area contributed by atoms with E-state index in [-0.39, 0.29) is 0 Å². The fraction of sp³-hybridized carbons (Fsp3) is 0.467. The summed E-state index contributed by atoms with van der Waals surface area (Å²) in [6, 6.07) is 18.6. The number of fused-ring (bicyclic) bond motifs is 1. The first-order chi connectivity index (χ1) is 15.8. The van der Waals surface area contributed by atoms with E-state index >= 15 is 0 Å². The largest absolute Gasteiger partial charge is 0.372 e. The van der Waals surface area contributed by atoms with Gasteiger partial charge in [-0.1, -0.05) is 84.5 Å². The topological polar surface area (TPSA) is 3.24 Å². The molecule has 0 aromatic heterocycles. The number of anilines is 1. The number of hydrogen-bond donors (Lipinski definition) is 0. The van der Waals surface area contributed by atoms with Crippen LogP contribution in [0.4, 0.5) is 10.1 Å². The van der Waals surface area contributed by atoms with Gasteiger partial charge in [0.25, 0.3) is 0 Å². The molecule has 2 aromatic carbocycles. The number of hydrogen-bond acceptors (Lipinski definition) is 1. The van der Waals surface area contributed by atoms with Crippen molar-refractivity contribution < 1.29 is 4.39 Å². The maximum absolute atomic E-state index is 14.3. The van der Waals surface area contributed by atoms with Crippen LogP contribution in [-0.4, -0.2) is 13.1 Å². The van der Waals surface area contributed by atoms with E-state index in [1.165, 1.54) is 37.2 Å². The summed E-state index contributed by atoms with van der Waals surface area (Å²) in [5.74, 6) is 7.29. The summed E-state index contributed by atoms with van der Waals surface area (Å²) in [6.45, 7) is 12.9. The number of alkyl halides is 1. The first kappa shape index (κ1) is 27.1. The molecule has 33 heavy (non-hydrogen) atoms. The third-order valence-corrected chi connectivity index (χ3v) is 7.22. The molecule has 2 aromatic rings. The van der Waals surface area contributed by atoms with Gasteiger partial charge in [-0.15, -0.1) is 5.92 Å². The lowest BCUT2D eigenvalue weighted by Crippen LogP contribution is -2.32. The molecule has 1 aliphatic heterocycles. The number of para-hydroxylation sites is 1. The summed E-state index contributed by atoms with van der Waals surface area (Å²) in [7, 11) is 2.36. The second-order valence-electron chi connectivity index (χ2n) is 9.32. The molecule has 3 heteroatoms. The molecule has 2 aliphatic rings. The van der Waals surface area contributed by atoms with Gasteiger partial charge in [0, 0.05) is 18.8 Å². The number of halogens is 1. The molecule has 4 rings (SSSR count). The molecule has 4 unspecified atom stereocenters. The lowest BCUT2D eigenvalue weighted by molar-refractivity contribution is 0.203. The average Bonchev–Trinajstić information content (AvgIpc) is 2.83. The van der Waals surface area contributed by atoms with Gasteiger partial charge < -0.3 is 4.90 Å². The van der Waals surface area contributed by atoms with E-state index in [1.54, 1.807) is 0 Å². The molecule has 0 radical (unpaired) electrons. The minimum Gasteiger partial charge on any atom is -0.372 e. The number of benzene rings is 2. The molecule has 0 spiro atoms. The Labute approximate surface area is 204 Å². The Balaban J connectivity index is 0.000000190. The fourth-order valence-electron chi connectivity index (χ4n) is 4.41. The minimum absolute atomic E-state index is 0.410. The highest BCUT2D eigenvalue weighted by Gasteiger charge is 2.38. The lowest BCUT2D eigenvalue weighted by atomic mass is 9.76. The maximum Gasteiger partial charge on any atom is 0.149 e. The Morgan fingerprint density at radius 3 is 2.18 bits per heavy atom. The molecule has 1 saturated heterocycles. The van der Waals surface area contributed by atoms with Crippen LogP contribution in [0, 0.1) is 23.7 Å². The van der Waals surface area contributed by atoms with Gasteiger partial charge in [0.05, 0.1) is 0 Å². The van der Waals surface area contributed by atoms with E-state index in [9.17, 15) is 4.39 Å². The minimum atomic E-state index is -1.22. The van der Waals surface area contributed by atoms with Gasteiger partial charge >= 0.3 is 0 Å². The van der Waals surface area contributed by atoms with Gasteiger partial charge in [-0.05, 0) is 80.2 Å². The summed E-state index contributed by atoms with van der Waals surface area (Å²) < 4.78 is 14.3. The van der Waals surface area contributed by atoms with Crippen molar-refractivity contribution in [1.82, 2.24) is 0 Å². The van der Waals surface area contributed by atoms with Gasteiger partial charge in [-0.2, -0.15) is 0 Å². The first-order valence-electron chi connectivity index (χ1n) is 12.2. The van der Waals surface area contributed by atoms with Crippen LogP contribution in [0.3, 0.4) is 0 Å². The van der Waals surface area contributed by atoms with E-state index in [0.29, 0.717) is 18.3 Å². The van der Waals surface area contributed by atoms with E-state index in [2.05, 4.69) is 77.1 Å². The summed E-state index contributed by atoms with van der Waals surface area (Å²) in [6.07, 6.45) is 7.02. The van der Waals surface area contributed by atoms with Gasteiger partial charge in [0.1, 0.15) is 5.41 Å². The number of allylic oxidation sites excluding steroid dienone is 2. The Morgan fingerprint density at radius 1 is 1.00 bits per heavy atom. The molecule has 0 saturated carbocycles. The maximum atomic E-state index is 14.3. The third kappa shape index (κ3) is 8.32. The number of rotatable bonds is 1. The van der Waals surface area contributed by atoms with Crippen LogP contribution in [0.1, 0.15) is 70.9 Å². The molecular weight excluding hydrogens is 424 g/mol. The van der Waals surface area contributed by atoms with Gasteiger partial charge in [0.15, 0.2) is 0 Å². The summed E-state index contributed by atoms with van der Waals surface area (Å²) in [5, 5.41) is -1.22. The van der Waals surface area contributed by atoms with E-state index in [1.807, 2.05) is 50.3 Å². The van der Waals surface area contributed by atoms with Crippen LogP contribution in [0.2, 0.25) is 0 Å². The number of nitrogens with zero attached hydrogens (tertiary/aromatic N) is 1. The van der Waals surface area contributed by atoms with Gasteiger partial charge in [-0.25, -0.2) is 4.39 Å². The van der Waals surface area contributed by atoms with Gasteiger partial charge in [0.2, 0.25) is 0 Å². The summed E-state index contributed by atoms with van der Waals surface area (Å²) in [5.41, 5.74) is 3.41. The normalized spacial score (nSPS) is 24.4. The second-order valence-corrected chi connectivity index (χ2v) is 10.2. The average molecular weight is 466 g/mol. The lowest BCUT2D eigenvalue weighted by Gasteiger charge is -2.36. The Morgan fingerprint density at radius 2 is 1.61 bits per heavy atom. The predicted molar refractivity (Wildman–Crippen MR) is 146 cm³/mol. The van der Waals surface area contributed by atoms with Crippen molar-refractivity contribution in [2.75, 3.05) is 18.0 Å². The van der Waals surface area contributed by atoms with Crippen molar-refractivity contribution in [3.8, 4) is 11.8 Å². The third-order valence-electron chi connectivity index (χ3n) is 6.67. The van der Waals surface area contributed by atoms with Crippen molar-refractivity contribution >= 4 is 14.9 Å². The molecule has 178 valence electrons. The van der Waals surface area contributed by atoms with Crippen LogP contribution in [0.25, 0.3) is 0 Å². The Hall–Kier alpha value is -2.10. The standard InChI is InChI=1S/C12H16FP.C12H17N.C6H8/c1-8-7-12(13,14)11-6-4-3-5-10(11)9(8)2;1-11-7-9-13(10-8-11)12-5-3-2-4-6-12;1-3-5-6-4-2/h3-6,8-9H,7,14H2,1-2H3;2-6,11H,7-10H2,1H3;3,5H,1-2H3/b;;5-3-. The zero-order valence-corrected chi connectivity index (χ0v) is 22.2. The molecule has 1 nitrogen and oxygen atoms in total. The molecule has 0 bridgehead atoms. The molecule has 1 heterocycles. The van der Waals surface area contributed by atoms with Crippen LogP contribution >= 0.6 is 9.24 Å². The van der Waals surface area contributed by atoms with Gasteiger partial charge in [-0.3, -0.25) is 0 Å². The zero-order valence-electron chi connectivity index (χ0n) is 21.0.